The SMILES string of the molecule is O=[N+]([O-])c1cccc(C(O)COc2ccc(F)cc2F)c1. The smallest absolute Gasteiger partial charge is 0.269 e. The molecule has 1 unspecified atom stereocenters. The minimum Gasteiger partial charge on any atom is -0.487 e. The van der Waals surface area contributed by atoms with E-state index in [2.05, 4.69) is 0 Å². The van der Waals surface area contributed by atoms with Crippen LogP contribution in [0.25, 0.3) is 0 Å². The monoisotopic (exact) mass is 295 g/mol. The summed E-state index contributed by atoms with van der Waals surface area (Å²) in [5, 5.41) is 20.5. The number of aliphatic hydroxyl groups is 1. The van der Waals surface area contributed by atoms with E-state index in [4.69, 9.17) is 4.74 Å². The quantitative estimate of drug-likeness (QED) is 0.680. The third kappa shape index (κ3) is 3.73. The van der Waals surface area contributed by atoms with Crippen molar-refractivity contribution in [2.45, 2.75) is 6.10 Å². The van der Waals surface area contributed by atoms with E-state index < -0.39 is 22.7 Å². The summed E-state index contributed by atoms with van der Waals surface area (Å²) in [6.45, 7) is -0.316. The van der Waals surface area contributed by atoms with Gasteiger partial charge in [0.25, 0.3) is 5.69 Å². The molecule has 5 nitrogen and oxygen atoms in total. The van der Waals surface area contributed by atoms with E-state index in [0.29, 0.717) is 6.07 Å². The molecule has 0 radical (unpaired) electrons. The number of hydrogen-bond acceptors (Lipinski definition) is 4. The lowest BCUT2D eigenvalue weighted by molar-refractivity contribution is -0.385. The van der Waals surface area contributed by atoms with E-state index in [9.17, 15) is 24.0 Å². The molecule has 0 fully saturated rings. The van der Waals surface area contributed by atoms with Crippen molar-refractivity contribution in [1.29, 1.82) is 0 Å². The number of nitrogens with zero attached hydrogens (tertiary/aromatic N) is 1. The molecule has 1 N–H and O–H groups in total. The first-order chi connectivity index (χ1) is 9.97. The van der Waals surface area contributed by atoms with Crippen molar-refractivity contribution in [2.24, 2.45) is 0 Å². The first kappa shape index (κ1) is 14.9. The van der Waals surface area contributed by atoms with Crippen LogP contribution in [0, 0.1) is 21.7 Å². The molecular formula is C14H11F2NO4. The van der Waals surface area contributed by atoms with Crippen LogP contribution in [-0.4, -0.2) is 16.6 Å². The van der Waals surface area contributed by atoms with Gasteiger partial charge in [-0.05, 0) is 17.7 Å². The lowest BCUT2D eigenvalue weighted by Gasteiger charge is -2.13. The van der Waals surface area contributed by atoms with Crippen molar-refractivity contribution in [1.82, 2.24) is 0 Å². The molecule has 0 bridgehead atoms. The first-order valence-corrected chi connectivity index (χ1v) is 5.97. The third-order valence-electron chi connectivity index (χ3n) is 2.76. The van der Waals surface area contributed by atoms with Gasteiger partial charge in [-0.3, -0.25) is 10.1 Å². The van der Waals surface area contributed by atoms with Crippen LogP contribution in [0.1, 0.15) is 11.7 Å². The van der Waals surface area contributed by atoms with Crippen LogP contribution in [0.4, 0.5) is 14.5 Å². The molecule has 0 heterocycles. The largest absolute Gasteiger partial charge is 0.487 e. The second kappa shape index (κ2) is 6.27. The van der Waals surface area contributed by atoms with Gasteiger partial charge in [0.2, 0.25) is 0 Å². The summed E-state index contributed by atoms with van der Waals surface area (Å²) >= 11 is 0. The molecule has 0 aliphatic carbocycles. The number of benzene rings is 2. The summed E-state index contributed by atoms with van der Waals surface area (Å²) in [5.41, 5.74) is 0.103. The molecule has 0 saturated heterocycles. The number of aliphatic hydroxyl groups excluding tert-OH is 1. The fourth-order valence-corrected chi connectivity index (χ4v) is 1.70. The van der Waals surface area contributed by atoms with Gasteiger partial charge in [-0.15, -0.1) is 0 Å². The summed E-state index contributed by atoms with van der Waals surface area (Å²) in [6.07, 6.45) is -1.17. The molecule has 2 aromatic carbocycles. The van der Waals surface area contributed by atoms with Crippen LogP contribution in [0.15, 0.2) is 42.5 Å². The minimum atomic E-state index is -1.17. The molecule has 2 aromatic rings. The number of rotatable bonds is 5. The standard InChI is InChI=1S/C14H11F2NO4/c15-10-4-5-14(12(16)7-10)21-8-13(18)9-2-1-3-11(6-9)17(19)20/h1-7,13,18H,8H2. The van der Waals surface area contributed by atoms with Crippen molar-refractivity contribution in [2.75, 3.05) is 6.61 Å². The summed E-state index contributed by atoms with van der Waals surface area (Å²) in [6, 6.07) is 8.20. The molecule has 2 rings (SSSR count). The Morgan fingerprint density at radius 3 is 2.67 bits per heavy atom. The van der Waals surface area contributed by atoms with Crippen LogP contribution in [0.3, 0.4) is 0 Å². The molecule has 0 spiro atoms. The number of halogens is 2. The highest BCUT2D eigenvalue weighted by Gasteiger charge is 2.14. The number of hydrogen-bond donors (Lipinski definition) is 1. The molecule has 1 atom stereocenters. The van der Waals surface area contributed by atoms with Crippen LogP contribution in [0.5, 0.6) is 5.75 Å². The van der Waals surface area contributed by atoms with Gasteiger partial charge in [0, 0.05) is 18.2 Å². The van der Waals surface area contributed by atoms with Crippen molar-refractivity contribution in [3.8, 4) is 5.75 Å². The van der Waals surface area contributed by atoms with Gasteiger partial charge in [-0.1, -0.05) is 12.1 Å². The molecule has 0 aliphatic heterocycles. The van der Waals surface area contributed by atoms with Gasteiger partial charge < -0.3 is 9.84 Å². The van der Waals surface area contributed by atoms with Crippen molar-refractivity contribution >= 4 is 5.69 Å². The predicted molar refractivity (Wildman–Crippen MR) is 69.9 cm³/mol. The average Bonchev–Trinajstić information content (AvgIpc) is 2.46. The predicted octanol–water partition coefficient (Wildman–Crippen LogP) is 2.99. The second-order valence-corrected chi connectivity index (χ2v) is 4.25. The zero-order valence-electron chi connectivity index (χ0n) is 10.7. The van der Waals surface area contributed by atoms with Gasteiger partial charge in [0.15, 0.2) is 11.6 Å². The van der Waals surface area contributed by atoms with Gasteiger partial charge in [-0.25, -0.2) is 8.78 Å². The Morgan fingerprint density at radius 2 is 2.00 bits per heavy atom. The van der Waals surface area contributed by atoms with Gasteiger partial charge in [-0.2, -0.15) is 0 Å². The van der Waals surface area contributed by atoms with E-state index >= 15 is 0 Å². The van der Waals surface area contributed by atoms with E-state index in [-0.39, 0.29) is 23.6 Å². The van der Waals surface area contributed by atoms with E-state index in [1.54, 1.807) is 0 Å². The van der Waals surface area contributed by atoms with Crippen LogP contribution >= 0.6 is 0 Å². The Morgan fingerprint density at radius 1 is 1.24 bits per heavy atom. The van der Waals surface area contributed by atoms with E-state index in [0.717, 1.165) is 12.1 Å². The Hall–Kier alpha value is -2.54. The highest BCUT2D eigenvalue weighted by Crippen LogP contribution is 2.22. The van der Waals surface area contributed by atoms with E-state index in [1.165, 1.54) is 24.3 Å². The maximum Gasteiger partial charge on any atom is 0.269 e. The third-order valence-corrected chi connectivity index (χ3v) is 2.76. The van der Waals surface area contributed by atoms with Gasteiger partial charge >= 0.3 is 0 Å². The number of nitro groups is 1. The van der Waals surface area contributed by atoms with Gasteiger partial charge in [0.05, 0.1) is 4.92 Å². The average molecular weight is 295 g/mol. The Balaban J connectivity index is 2.06. The highest BCUT2D eigenvalue weighted by atomic mass is 19.1. The van der Waals surface area contributed by atoms with Crippen LogP contribution < -0.4 is 4.74 Å². The Bertz CT molecular complexity index is 663. The van der Waals surface area contributed by atoms with Crippen molar-refractivity contribution < 1.29 is 23.5 Å². The molecule has 110 valence electrons. The molecular weight excluding hydrogens is 284 g/mol. The molecule has 21 heavy (non-hydrogen) atoms. The summed E-state index contributed by atoms with van der Waals surface area (Å²) in [5.74, 6) is -1.83. The second-order valence-electron chi connectivity index (χ2n) is 4.25. The zero-order valence-corrected chi connectivity index (χ0v) is 10.7. The topological polar surface area (TPSA) is 72.6 Å². The summed E-state index contributed by atoms with van der Waals surface area (Å²) in [4.78, 5) is 10.1. The highest BCUT2D eigenvalue weighted by molar-refractivity contribution is 5.35. The van der Waals surface area contributed by atoms with Crippen LogP contribution in [0.2, 0.25) is 0 Å². The maximum atomic E-state index is 13.3. The number of nitro benzene ring substituents is 1. The summed E-state index contributed by atoms with van der Waals surface area (Å²) < 4.78 is 31.1. The lowest BCUT2D eigenvalue weighted by Crippen LogP contribution is -2.10. The Kier molecular flexibility index (Phi) is 4.44. The number of non-ortho nitro benzene ring substituents is 1. The molecule has 0 aliphatic rings. The molecule has 0 saturated carbocycles. The molecule has 0 amide bonds. The first-order valence-electron chi connectivity index (χ1n) is 5.97. The van der Waals surface area contributed by atoms with Crippen LogP contribution in [-0.2, 0) is 0 Å². The molecule has 0 aromatic heterocycles. The fourth-order valence-electron chi connectivity index (χ4n) is 1.70. The number of ether oxygens (including phenoxy) is 1. The summed E-state index contributed by atoms with van der Waals surface area (Å²) in [7, 11) is 0. The minimum absolute atomic E-state index is 0.167. The van der Waals surface area contributed by atoms with Gasteiger partial charge in [0.1, 0.15) is 18.5 Å². The lowest BCUT2D eigenvalue weighted by atomic mass is 10.1. The Labute approximate surface area is 118 Å². The van der Waals surface area contributed by atoms with E-state index in [1.807, 2.05) is 0 Å². The van der Waals surface area contributed by atoms with Crippen molar-refractivity contribution in [3.63, 3.8) is 0 Å². The zero-order chi connectivity index (χ0) is 15.4. The molecule has 7 heteroatoms. The fraction of sp³-hybridized carbons (Fsp3) is 0.143. The maximum absolute atomic E-state index is 13.3. The normalized spacial score (nSPS) is 12.0. The van der Waals surface area contributed by atoms with Crippen molar-refractivity contribution in [3.05, 3.63) is 69.8 Å².